The summed E-state index contributed by atoms with van der Waals surface area (Å²) >= 11 is 1.37. The molecule has 0 radical (unpaired) electrons. The zero-order valence-corrected chi connectivity index (χ0v) is 37.9. The number of imide groups is 1. The number of thioether (sulfide) groups is 1. The maximum absolute atomic E-state index is 13.2. The third-order valence-corrected chi connectivity index (χ3v) is 13.0. The molecule has 0 saturated carbocycles. The lowest BCUT2D eigenvalue weighted by atomic mass is 9.78. The van der Waals surface area contributed by atoms with Crippen molar-refractivity contribution in [3.8, 4) is 0 Å². The van der Waals surface area contributed by atoms with Crippen LogP contribution in [0.3, 0.4) is 0 Å². The quantitative estimate of drug-likeness (QED) is 0.0333. The Bertz CT molecular complexity index is 1610. The second kappa shape index (κ2) is 29.1. The van der Waals surface area contributed by atoms with Crippen molar-refractivity contribution in [1.82, 2.24) is 15.5 Å². The van der Waals surface area contributed by atoms with Crippen molar-refractivity contribution in [2.75, 3.05) is 78.7 Å². The number of hydrogen-bond acceptors (Lipinski definition) is 15. The summed E-state index contributed by atoms with van der Waals surface area (Å²) in [6.45, 7) is 4.43. The zero-order valence-electron chi connectivity index (χ0n) is 36.2. The van der Waals surface area contributed by atoms with Crippen LogP contribution in [0, 0.1) is 5.41 Å². The number of hydrogen-bond donors (Lipinski definition) is 3. The van der Waals surface area contributed by atoms with Crippen LogP contribution in [0.25, 0.3) is 0 Å². The summed E-state index contributed by atoms with van der Waals surface area (Å²) in [6, 6.07) is 0. The van der Waals surface area contributed by atoms with Gasteiger partial charge in [0.25, 0.3) is 10.1 Å². The topological polar surface area (TPSA) is 239 Å². The molecule has 0 aromatic rings. The van der Waals surface area contributed by atoms with Crippen LogP contribution in [0.2, 0.25) is 0 Å². The van der Waals surface area contributed by atoms with Gasteiger partial charge in [-0.3, -0.25) is 33.4 Å². The molecular weight excluding hydrogens is 851 g/mol. The number of esters is 1. The molecule has 62 heavy (non-hydrogen) atoms. The number of carbonyl (C=O) groups excluding carboxylic acids is 6. The molecule has 352 valence electrons. The zero-order chi connectivity index (χ0) is 45.2. The van der Waals surface area contributed by atoms with E-state index in [2.05, 4.69) is 16.7 Å². The second-order valence-corrected chi connectivity index (χ2v) is 18.3. The third kappa shape index (κ3) is 20.4. The fraction of sp³-hybridized carbons (Fsp3) is 0.762. The van der Waals surface area contributed by atoms with E-state index in [1.165, 1.54) is 16.7 Å². The van der Waals surface area contributed by atoms with Gasteiger partial charge in [-0.05, 0) is 83.0 Å². The number of Topliss-reactive ketones (excluding diaryl/α,β-unsaturated/α-hetero) is 1. The highest BCUT2D eigenvalue weighted by Crippen LogP contribution is 2.33. The summed E-state index contributed by atoms with van der Waals surface area (Å²) in [4.78, 5) is 75.9. The third-order valence-electron chi connectivity index (χ3n) is 10.8. The van der Waals surface area contributed by atoms with E-state index in [9.17, 15) is 41.7 Å². The van der Waals surface area contributed by atoms with Crippen LogP contribution in [0.15, 0.2) is 24.3 Å². The molecule has 18 nitrogen and oxygen atoms in total. The monoisotopic (exact) mass is 917 g/mol. The number of ketones is 1. The molecule has 1 saturated heterocycles. The first-order valence-electron chi connectivity index (χ1n) is 21.6. The highest BCUT2D eigenvalue weighted by molar-refractivity contribution is 8.00. The molecule has 0 aromatic heterocycles. The summed E-state index contributed by atoms with van der Waals surface area (Å²) in [7, 11) is -4.70. The van der Waals surface area contributed by atoms with Gasteiger partial charge < -0.3 is 39.1 Å². The van der Waals surface area contributed by atoms with Crippen molar-refractivity contribution in [3.05, 3.63) is 24.3 Å². The van der Waals surface area contributed by atoms with Crippen LogP contribution in [0.4, 0.5) is 4.79 Å². The Hall–Kier alpha value is -3.40. The van der Waals surface area contributed by atoms with Crippen molar-refractivity contribution in [3.63, 3.8) is 0 Å². The molecule has 20 heteroatoms. The maximum Gasteiger partial charge on any atom is 0.407 e. The average Bonchev–Trinajstić information content (AvgIpc) is 3.48. The Balaban J connectivity index is 1.19. The van der Waals surface area contributed by atoms with Gasteiger partial charge in [0.1, 0.15) is 17.5 Å². The molecule has 3 N–H and O–H groups in total. The summed E-state index contributed by atoms with van der Waals surface area (Å²) < 4.78 is 66.5. The van der Waals surface area contributed by atoms with Gasteiger partial charge in [0, 0.05) is 44.4 Å². The van der Waals surface area contributed by atoms with Gasteiger partial charge in [-0.2, -0.15) is 20.2 Å². The van der Waals surface area contributed by atoms with E-state index in [0.717, 1.165) is 25.7 Å². The van der Waals surface area contributed by atoms with Crippen LogP contribution in [-0.4, -0.2) is 155 Å². The number of likely N-dealkylation sites (tertiary alicyclic amines) is 1. The van der Waals surface area contributed by atoms with E-state index in [-0.39, 0.29) is 134 Å². The SMILES string of the molecule is CSC1CC(=O)N(CCOCCOCCNC(=O)O[C@@H]2/C=C/CC[C@](C)(C(=O)NCCOCCOCCCC(=O)C(CCC(=O)O[C@H]3CC/C=C/CCC3)S(=O)(=O)O)CC2)C1=O. The fourth-order valence-electron chi connectivity index (χ4n) is 7.11. The molecule has 4 amide bonds. The van der Waals surface area contributed by atoms with Gasteiger partial charge in [-0.15, -0.1) is 0 Å². The lowest BCUT2D eigenvalue weighted by Crippen LogP contribution is -2.41. The molecule has 0 aromatic carbocycles. The number of allylic oxidation sites excluding steroid dienone is 3. The van der Waals surface area contributed by atoms with Crippen LogP contribution >= 0.6 is 11.8 Å². The smallest absolute Gasteiger partial charge is 0.407 e. The van der Waals surface area contributed by atoms with Crippen molar-refractivity contribution in [2.24, 2.45) is 5.41 Å². The Morgan fingerprint density at radius 3 is 2.21 bits per heavy atom. The Morgan fingerprint density at radius 1 is 0.839 bits per heavy atom. The lowest BCUT2D eigenvalue weighted by Gasteiger charge is -2.30. The standard InChI is InChI=1S/C42H67N3O15S2/c1-42(18-9-8-13-33(17-19-42)60-41(51)44-21-25-57-29-30-58-26-22-45-37(47)31-35(61-2)39(45)49)40(50)43-20-24-56-28-27-55-23-10-14-34(46)36(62(52,53)54)15-16-38(48)59-32-11-6-4-3-5-7-12-32/h3-4,8,13,32-33,35-36H,5-7,9-12,14-31H2,1-2H3,(H,43,50)(H,44,51)(H,52,53,54)/b4-3+,13-8+/t32-,33+,35?,36?,42-/m0/s1. The molecule has 2 unspecified atom stereocenters. The van der Waals surface area contributed by atoms with E-state index in [0.29, 0.717) is 32.1 Å². The van der Waals surface area contributed by atoms with Crippen molar-refractivity contribution in [1.29, 1.82) is 0 Å². The largest absolute Gasteiger partial charge is 0.462 e. The molecule has 0 spiro atoms. The molecule has 2 aliphatic carbocycles. The minimum atomic E-state index is -4.70. The van der Waals surface area contributed by atoms with E-state index in [1.807, 2.05) is 25.2 Å². The Labute approximate surface area is 370 Å². The number of nitrogens with one attached hydrogen (secondary N) is 2. The molecule has 3 aliphatic rings. The number of carbonyl (C=O) groups is 6. The molecule has 1 aliphatic heterocycles. The number of ether oxygens (including phenoxy) is 6. The lowest BCUT2D eigenvalue weighted by molar-refractivity contribution is -0.150. The first-order chi connectivity index (χ1) is 29.7. The number of nitrogens with zero attached hydrogens (tertiary/aromatic N) is 1. The molecule has 1 fully saturated rings. The number of alkyl carbamates (subject to hydrolysis) is 1. The van der Waals surface area contributed by atoms with Crippen LogP contribution < -0.4 is 10.6 Å². The average molecular weight is 918 g/mol. The van der Waals surface area contributed by atoms with Crippen molar-refractivity contribution < 1.29 is 70.2 Å². The van der Waals surface area contributed by atoms with E-state index in [4.69, 9.17) is 28.4 Å². The first-order valence-corrected chi connectivity index (χ1v) is 24.4. The van der Waals surface area contributed by atoms with Crippen LogP contribution in [0.5, 0.6) is 0 Å². The normalized spacial score (nSPS) is 23.6. The van der Waals surface area contributed by atoms with Gasteiger partial charge in [0.15, 0.2) is 5.78 Å². The Kier molecular flexibility index (Phi) is 24.9. The fourth-order valence-corrected chi connectivity index (χ4v) is 8.61. The highest BCUT2D eigenvalue weighted by atomic mass is 32.2. The van der Waals surface area contributed by atoms with Gasteiger partial charge in [0.05, 0.1) is 58.0 Å². The predicted octanol–water partition coefficient (Wildman–Crippen LogP) is 3.71. The number of rotatable bonds is 28. The van der Waals surface area contributed by atoms with E-state index in [1.54, 1.807) is 6.26 Å². The summed E-state index contributed by atoms with van der Waals surface area (Å²) in [5.74, 6) is -1.77. The Morgan fingerprint density at radius 2 is 1.52 bits per heavy atom. The van der Waals surface area contributed by atoms with Crippen molar-refractivity contribution in [2.45, 2.75) is 120 Å². The predicted molar refractivity (Wildman–Crippen MR) is 230 cm³/mol. The molecule has 3 rings (SSSR count). The van der Waals surface area contributed by atoms with E-state index < -0.39 is 44.7 Å². The van der Waals surface area contributed by atoms with Gasteiger partial charge in [-0.25, -0.2) is 4.79 Å². The minimum Gasteiger partial charge on any atom is -0.462 e. The molecular formula is C42H67N3O15S2. The minimum absolute atomic E-state index is 0.128. The van der Waals surface area contributed by atoms with Gasteiger partial charge in [-0.1, -0.05) is 25.2 Å². The van der Waals surface area contributed by atoms with Gasteiger partial charge >= 0.3 is 12.1 Å². The maximum atomic E-state index is 13.2. The summed E-state index contributed by atoms with van der Waals surface area (Å²) in [6.07, 6.45) is 14.2. The van der Waals surface area contributed by atoms with Crippen LogP contribution in [-0.2, 0) is 62.5 Å². The highest BCUT2D eigenvalue weighted by Gasteiger charge is 2.38. The first kappa shape index (κ1) is 52.9. The summed E-state index contributed by atoms with van der Waals surface area (Å²) in [5, 5.41) is 3.56. The summed E-state index contributed by atoms with van der Waals surface area (Å²) in [5.41, 5.74) is -0.681. The van der Waals surface area contributed by atoms with E-state index >= 15 is 0 Å². The van der Waals surface area contributed by atoms with Gasteiger partial charge in [0.2, 0.25) is 17.7 Å². The molecule has 5 atom stereocenters. The number of amides is 4. The molecule has 0 bridgehead atoms. The second-order valence-electron chi connectivity index (χ2n) is 15.7. The molecule has 1 heterocycles. The van der Waals surface area contributed by atoms with Crippen molar-refractivity contribution >= 4 is 57.4 Å². The van der Waals surface area contributed by atoms with Crippen LogP contribution in [0.1, 0.15) is 96.8 Å².